The van der Waals surface area contributed by atoms with E-state index in [1.165, 1.54) is 39.2 Å². The summed E-state index contributed by atoms with van der Waals surface area (Å²) in [5.74, 6) is -0.428. The lowest BCUT2D eigenvalue weighted by Crippen LogP contribution is -2.17. The number of ether oxygens (including phenoxy) is 5. The van der Waals surface area contributed by atoms with Crippen molar-refractivity contribution in [3.8, 4) is 23.0 Å². The molecule has 0 saturated carbocycles. The lowest BCUT2D eigenvalue weighted by molar-refractivity contribution is -0.387. The van der Waals surface area contributed by atoms with Gasteiger partial charge in [-0.2, -0.15) is 0 Å². The second-order valence-corrected chi connectivity index (χ2v) is 7.29. The Morgan fingerprint density at radius 2 is 1.75 bits per heavy atom. The lowest BCUT2D eigenvalue weighted by atomic mass is 10.0. The molecular weight excluding hydrogens is 476 g/mol. The standard InChI is InChI=1S/C23H26N4O9/c1-6-36-23(29)17-19(26(25-24-17)12-13-7-9-14(32-2)10-8-13)20(28)15-11-16(33-3)21(34-4)22(35-5)18(15)27(30)31/h7-11,20,28H,6,12H2,1-5H3. The molecule has 1 aromatic heterocycles. The molecule has 1 atom stereocenters. The topological polar surface area (TPSA) is 157 Å². The summed E-state index contributed by atoms with van der Waals surface area (Å²) in [5.41, 5.74) is -0.459. The number of nitro groups is 1. The van der Waals surface area contributed by atoms with Crippen LogP contribution in [0.3, 0.4) is 0 Å². The van der Waals surface area contributed by atoms with E-state index in [-0.39, 0.29) is 47.4 Å². The molecule has 0 aliphatic heterocycles. The number of esters is 1. The van der Waals surface area contributed by atoms with Gasteiger partial charge in [-0.25, -0.2) is 9.48 Å². The summed E-state index contributed by atoms with van der Waals surface area (Å²) in [6.07, 6.45) is -1.74. The number of aromatic nitrogens is 3. The van der Waals surface area contributed by atoms with Crippen molar-refractivity contribution < 1.29 is 38.5 Å². The Morgan fingerprint density at radius 3 is 2.28 bits per heavy atom. The van der Waals surface area contributed by atoms with Crippen molar-refractivity contribution in [3.63, 3.8) is 0 Å². The highest BCUT2D eigenvalue weighted by atomic mass is 16.6. The Balaban J connectivity index is 2.22. The SMILES string of the molecule is CCOC(=O)c1nnn(Cc2ccc(OC)cc2)c1C(O)c1cc(OC)c(OC)c(OC)c1[N+](=O)[O-]. The molecule has 36 heavy (non-hydrogen) atoms. The van der Waals surface area contributed by atoms with Crippen LogP contribution in [0.5, 0.6) is 23.0 Å². The van der Waals surface area contributed by atoms with Crippen molar-refractivity contribution in [2.24, 2.45) is 0 Å². The Kier molecular flexibility index (Phi) is 8.27. The van der Waals surface area contributed by atoms with Gasteiger partial charge < -0.3 is 28.8 Å². The summed E-state index contributed by atoms with van der Waals surface area (Å²) in [6.45, 7) is 1.74. The monoisotopic (exact) mass is 502 g/mol. The van der Waals surface area contributed by atoms with Crippen LogP contribution < -0.4 is 18.9 Å². The average Bonchev–Trinajstić information content (AvgIpc) is 3.30. The molecule has 13 heteroatoms. The molecule has 0 aliphatic rings. The minimum absolute atomic E-state index is 0.0295. The molecule has 0 amide bonds. The number of benzene rings is 2. The summed E-state index contributed by atoms with van der Waals surface area (Å²) < 4.78 is 27.3. The van der Waals surface area contributed by atoms with Crippen LogP contribution >= 0.6 is 0 Å². The number of carbonyl (C=O) groups is 1. The van der Waals surface area contributed by atoms with Crippen molar-refractivity contribution in [3.05, 3.63) is 63.0 Å². The predicted molar refractivity (Wildman–Crippen MR) is 125 cm³/mol. The normalized spacial score (nSPS) is 11.5. The number of carbonyl (C=O) groups excluding carboxylic acids is 1. The van der Waals surface area contributed by atoms with Crippen molar-refractivity contribution in [2.75, 3.05) is 35.0 Å². The molecule has 0 aliphatic carbocycles. The first-order chi connectivity index (χ1) is 17.3. The van der Waals surface area contributed by atoms with Crippen LogP contribution in [0.15, 0.2) is 30.3 Å². The van der Waals surface area contributed by atoms with E-state index < -0.39 is 22.7 Å². The molecule has 1 unspecified atom stereocenters. The minimum atomic E-state index is -1.74. The van der Waals surface area contributed by atoms with Crippen LogP contribution in [-0.4, -0.2) is 66.0 Å². The largest absolute Gasteiger partial charge is 0.497 e. The number of hydrogen-bond donors (Lipinski definition) is 1. The van der Waals surface area contributed by atoms with E-state index in [1.54, 1.807) is 31.2 Å². The zero-order chi connectivity index (χ0) is 26.4. The Morgan fingerprint density at radius 1 is 1.08 bits per heavy atom. The fourth-order valence-electron chi connectivity index (χ4n) is 3.66. The van der Waals surface area contributed by atoms with Gasteiger partial charge >= 0.3 is 11.7 Å². The van der Waals surface area contributed by atoms with Crippen LogP contribution in [0.1, 0.15) is 40.3 Å². The molecule has 1 N–H and O–H groups in total. The molecule has 1 heterocycles. The number of aliphatic hydroxyl groups is 1. The highest BCUT2D eigenvalue weighted by Gasteiger charge is 2.37. The molecule has 192 valence electrons. The summed E-state index contributed by atoms with van der Waals surface area (Å²) in [6, 6.07) is 8.24. The molecule has 0 radical (unpaired) electrons. The fraction of sp³-hybridized carbons (Fsp3) is 0.348. The second kappa shape index (κ2) is 11.4. The van der Waals surface area contributed by atoms with Gasteiger partial charge in [0.15, 0.2) is 11.4 Å². The van der Waals surface area contributed by atoms with E-state index in [9.17, 15) is 20.0 Å². The van der Waals surface area contributed by atoms with E-state index in [4.69, 9.17) is 23.7 Å². The first-order valence-corrected chi connectivity index (χ1v) is 10.7. The van der Waals surface area contributed by atoms with E-state index in [0.29, 0.717) is 5.75 Å². The molecule has 0 saturated heterocycles. The second-order valence-electron chi connectivity index (χ2n) is 7.29. The van der Waals surface area contributed by atoms with Crippen LogP contribution in [0.4, 0.5) is 5.69 Å². The maximum absolute atomic E-state index is 12.6. The van der Waals surface area contributed by atoms with E-state index in [1.807, 2.05) is 0 Å². The number of hydrogen-bond acceptors (Lipinski definition) is 11. The number of nitro benzene ring substituents is 1. The van der Waals surface area contributed by atoms with Crippen LogP contribution in [0, 0.1) is 10.1 Å². The molecule has 3 rings (SSSR count). The molecule has 13 nitrogen and oxygen atoms in total. The Labute approximate surface area is 206 Å². The summed E-state index contributed by atoms with van der Waals surface area (Å²) in [7, 11) is 5.39. The fourth-order valence-corrected chi connectivity index (χ4v) is 3.66. The molecule has 0 bridgehead atoms. The third-order valence-corrected chi connectivity index (χ3v) is 5.30. The zero-order valence-corrected chi connectivity index (χ0v) is 20.4. The number of rotatable bonds is 11. The predicted octanol–water partition coefficient (Wildman–Crippen LogP) is 2.53. The van der Waals surface area contributed by atoms with Crippen molar-refractivity contribution in [1.82, 2.24) is 15.0 Å². The summed E-state index contributed by atoms with van der Waals surface area (Å²) >= 11 is 0. The zero-order valence-electron chi connectivity index (χ0n) is 20.4. The van der Waals surface area contributed by atoms with Gasteiger partial charge in [0.05, 0.1) is 52.1 Å². The number of nitrogens with zero attached hydrogens (tertiary/aromatic N) is 4. The van der Waals surface area contributed by atoms with Crippen LogP contribution in [0.2, 0.25) is 0 Å². The number of aliphatic hydroxyl groups excluding tert-OH is 1. The first kappa shape index (κ1) is 26.2. The average molecular weight is 502 g/mol. The van der Waals surface area contributed by atoms with Gasteiger partial charge in [0.25, 0.3) is 0 Å². The molecule has 0 spiro atoms. The van der Waals surface area contributed by atoms with Gasteiger partial charge in [0.1, 0.15) is 17.5 Å². The molecular formula is C23H26N4O9. The van der Waals surface area contributed by atoms with Gasteiger partial charge in [-0.05, 0) is 30.7 Å². The summed E-state index contributed by atoms with van der Waals surface area (Å²) in [4.78, 5) is 24.0. The van der Waals surface area contributed by atoms with Gasteiger partial charge in [0.2, 0.25) is 11.5 Å². The lowest BCUT2D eigenvalue weighted by Gasteiger charge is -2.19. The van der Waals surface area contributed by atoms with Gasteiger partial charge in [0, 0.05) is 0 Å². The highest BCUT2D eigenvalue weighted by Crippen LogP contribution is 2.49. The first-order valence-electron chi connectivity index (χ1n) is 10.7. The van der Waals surface area contributed by atoms with Gasteiger partial charge in [-0.3, -0.25) is 10.1 Å². The molecule has 2 aromatic carbocycles. The van der Waals surface area contributed by atoms with E-state index in [2.05, 4.69) is 10.3 Å². The quantitative estimate of drug-likeness (QED) is 0.233. The van der Waals surface area contributed by atoms with E-state index >= 15 is 0 Å². The maximum atomic E-state index is 12.6. The number of methoxy groups -OCH3 is 4. The Bertz CT molecular complexity index is 1240. The van der Waals surface area contributed by atoms with Gasteiger partial charge in [-0.15, -0.1) is 5.10 Å². The molecule has 3 aromatic rings. The van der Waals surface area contributed by atoms with E-state index in [0.717, 1.165) is 5.56 Å². The van der Waals surface area contributed by atoms with Crippen molar-refractivity contribution in [1.29, 1.82) is 0 Å². The summed E-state index contributed by atoms with van der Waals surface area (Å²) in [5, 5.41) is 31.5. The van der Waals surface area contributed by atoms with Crippen molar-refractivity contribution >= 4 is 11.7 Å². The Hall–Kier alpha value is -4.39. The molecule has 0 fully saturated rings. The highest BCUT2D eigenvalue weighted by molar-refractivity contribution is 5.88. The smallest absolute Gasteiger partial charge is 0.360 e. The van der Waals surface area contributed by atoms with Crippen LogP contribution in [0.25, 0.3) is 0 Å². The maximum Gasteiger partial charge on any atom is 0.360 e. The minimum Gasteiger partial charge on any atom is -0.497 e. The van der Waals surface area contributed by atoms with Crippen LogP contribution in [-0.2, 0) is 11.3 Å². The third-order valence-electron chi connectivity index (χ3n) is 5.30. The van der Waals surface area contributed by atoms with Crippen molar-refractivity contribution in [2.45, 2.75) is 19.6 Å². The third kappa shape index (κ3) is 5.00. The van der Waals surface area contributed by atoms with Gasteiger partial charge in [-0.1, -0.05) is 17.3 Å².